The molecule has 1 saturated heterocycles. The number of rotatable bonds is 12. The summed E-state index contributed by atoms with van der Waals surface area (Å²) in [5.74, 6) is 2.53. The number of para-hydroxylation sites is 1. The number of nitrogens with one attached hydrogen (secondary N) is 3. The lowest BCUT2D eigenvalue weighted by molar-refractivity contribution is -0.138. The fraction of sp³-hybridized carbons (Fsp3) is 0.281. The van der Waals surface area contributed by atoms with Crippen LogP contribution in [0.4, 0.5) is 16.3 Å². The lowest BCUT2D eigenvalue weighted by Gasteiger charge is -2.24. The van der Waals surface area contributed by atoms with E-state index >= 15 is 0 Å². The highest BCUT2D eigenvalue weighted by molar-refractivity contribution is 7.84. The van der Waals surface area contributed by atoms with Crippen LogP contribution in [-0.2, 0) is 35.6 Å². The van der Waals surface area contributed by atoms with E-state index in [9.17, 15) is 23.7 Å². The van der Waals surface area contributed by atoms with Gasteiger partial charge >= 0.3 is 12.1 Å². The molecule has 4 N–H and O–H groups in total. The first kappa shape index (κ1) is 32.2. The molecule has 13 nitrogen and oxygen atoms in total. The number of pyridine rings is 1. The zero-order valence-electron chi connectivity index (χ0n) is 24.8. The van der Waals surface area contributed by atoms with Crippen molar-refractivity contribution < 1.29 is 33.2 Å². The van der Waals surface area contributed by atoms with E-state index in [1.807, 2.05) is 42.5 Å². The van der Waals surface area contributed by atoms with Crippen LogP contribution >= 0.6 is 0 Å². The summed E-state index contributed by atoms with van der Waals surface area (Å²) in [7, 11) is -1.68. The van der Waals surface area contributed by atoms with E-state index < -0.39 is 40.1 Å². The third kappa shape index (κ3) is 8.28. The molecule has 0 aliphatic carbocycles. The fourth-order valence-corrected chi connectivity index (χ4v) is 5.87. The van der Waals surface area contributed by atoms with Gasteiger partial charge in [0.25, 0.3) is 0 Å². The summed E-state index contributed by atoms with van der Waals surface area (Å²) in [6.07, 6.45) is 1.13. The van der Waals surface area contributed by atoms with Crippen molar-refractivity contribution in [3.63, 3.8) is 0 Å². The second kappa shape index (κ2) is 15.2. The Hall–Kier alpha value is -5.21. The van der Waals surface area contributed by atoms with E-state index in [-0.39, 0.29) is 43.0 Å². The van der Waals surface area contributed by atoms with Gasteiger partial charge in [0.05, 0.1) is 25.2 Å². The normalized spacial score (nSPS) is 18.4. The quantitative estimate of drug-likeness (QED) is 0.214. The molecule has 3 atom stereocenters. The number of likely N-dealkylation sites (tertiary alicyclic amines) is 1. The van der Waals surface area contributed by atoms with Gasteiger partial charge in [0, 0.05) is 34.0 Å². The molecule has 14 heteroatoms. The van der Waals surface area contributed by atoms with Gasteiger partial charge in [-0.05, 0) is 36.1 Å². The van der Waals surface area contributed by atoms with E-state index in [4.69, 9.17) is 9.47 Å². The molecule has 3 unspecified atom stereocenters. The second-order valence-corrected chi connectivity index (χ2v) is 11.7. The van der Waals surface area contributed by atoms with Crippen LogP contribution in [0.3, 0.4) is 0 Å². The minimum absolute atomic E-state index is 0.116. The maximum absolute atomic E-state index is 13.1. The number of carbonyl (C=O) groups excluding carboxylic acids is 2. The highest BCUT2D eigenvalue weighted by Crippen LogP contribution is 2.24. The van der Waals surface area contributed by atoms with Crippen molar-refractivity contribution in [1.29, 1.82) is 0 Å². The third-order valence-electron chi connectivity index (χ3n) is 7.38. The maximum atomic E-state index is 13.1. The van der Waals surface area contributed by atoms with Gasteiger partial charge in [-0.3, -0.25) is 4.79 Å². The second-order valence-electron chi connectivity index (χ2n) is 10.6. The van der Waals surface area contributed by atoms with Crippen molar-refractivity contribution >= 4 is 56.0 Å². The number of aromatic nitrogens is 1. The van der Waals surface area contributed by atoms with E-state index in [1.165, 1.54) is 0 Å². The number of carboxylic acid groups (broad SMARTS) is 1. The Kier molecular flexibility index (Phi) is 10.6. The van der Waals surface area contributed by atoms with Crippen LogP contribution in [0.1, 0.15) is 17.5 Å². The average Bonchev–Trinajstić information content (AvgIpc) is 3.65. The molecule has 5 rings (SSSR count). The largest absolute Gasteiger partial charge is 0.480 e. The summed E-state index contributed by atoms with van der Waals surface area (Å²) < 4.78 is 23.7. The Morgan fingerprint density at radius 2 is 1.87 bits per heavy atom. The van der Waals surface area contributed by atoms with E-state index in [1.54, 1.807) is 41.4 Å². The number of aliphatic imine (C=N–C) groups is 1. The fourth-order valence-electron chi connectivity index (χ4n) is 5.13. The molecule has 2 aliphatic heterocycles. The Balaban J connectivity index is 1.16. The molecule has 3 aromatic rings. The zero-order chi connectivity index (χ0) is 32.5. The molecule has 0 spiro atoms. The number of aliphatic carboxylic acids is 1. The van der Waals surface area contributed by atoms with Crippen LogP contribution in [0, 0.1) is 0 Å². The number of carboxylic acids is 1. The lowest BCUT2D eigenvalue weighted by atomic mass is 10.1. The van der Waals surface area contributed by atoms with Crippen molar-refractivity contribution in [3.05, 3.63) is 90.1 Å². The zero-order valence-corrected chi connectivity index (χ0v) is 25.7. The topological polar surface area (TPSA) is 172 Å². The third-order valence-corrected chi connectivity index (χ3v) is 8.25. The van der Waals surface area contributed by atoms with Crippen molar-refractivity contribution in [2.24, 2.45) is 4.99 Å². The van der Waals surface area contributed by atoms with Crippen LogP contribution in [0.25, 0.3) is 0 Å². The number of carbonyl (C=O) groups is 3. The van der Waals surface area contributed by atoms with E-state index in [0.29, 0.717) is 30.0 Å². The average molecular weight is 647 g/mol. The molecule has 46 heavy (non-hydrogen) atoms. The number of benzene rings is 2. The van der Waals surface area contributed by atoms with Crippen LogP contribution in [-0.4, -0.2) is 98.2 Å². The Bertz CT molecular complexity index is 1730. The molecule has 2 aliphatic rings. The SMILES string of the molecule is C=S(=O)=C1C(=NC(CNC(=O)COC2CC(CNc3ccccn3)N(C(=O)OCc3ccccc3)C2)C(=O)O)Nc2ccccc21. The number of hydrogen-bond donors (Lipinski definition) is 4. The maximum Gasteiger partial charge on any atom is 0.410 e. The number of amides is 2. The van der Waals surface area contributed by atoms with Gasteiger partial charge in [-0.15, -0.1) is 0 Å². The molecular weight excluding hydrogens is 612 g/mol. The predicted molar refractivity (Wildman–Crippen MR) is 176 cm³/mol. The van der Waals surface area contributed by atoms with Gasteiger partial charge in [-0.2, -0.15) is 0 Å². The van der Waals surface area contributed by atoms with Crippen molar-refractivity contribution in [1.82, 2.24) is 15.2 Å². The summed E-state index contributed by atoms with van der Waals surface area (Å²) in [4.78, 5) is 48.1. The first-order valence-electron chi connectivity index (χ1n) is 14.5. The summed E-state index contributed by atoms with van der Waals surface area (Å²) in [6.45, 7) is 0.0260. The number of amidine groups is 1. The Labute approximate surface area is 267 Å². The van der Waals surface area contributed by atoms with E-state index in [2.05, 4.69) is 31.8 Å². The molecule has 2 aromatic carbocycles. The monoisotopic (exact) mass is 646 g/mol. The van der Waals surface area contributed by atoms with Crippen molar-refractivity contribution in [3.8, 4) is 0 Å². The first-order valence-corrected chi connectivity index (χ1v) is 15.9. The van der Waals surface area contributed by atoms with Crippen molar-refractivity contribution in [2.75, 3.05) is 36.9 Å². The lowest BCUT2D eigenvalue weighted by Crippen LogP contribution is -2.40. The molecule has 0 radical (unpaired) electrons. The molecule has 1 aromatic heterocycles. The summed E-state index contributed by atoms with van der Waals surface area (Å²) >= 11 is 0. The highest BCUT2D eigenvalue weighted by Gasteiger charge is 2.37. The van der Waals surface area contributed by atoms with E-state index in [0.717, 1.165) is 5.56 Å². The Morgan fingerprint density at radius 1 is 1.11 bits per heavy atom. The molecule has 3 heterocycles. The molecular formula is C32H34N6O7S. The predicted octanol–water partition coefficient (Wildman–Crippen LogP) is 2.08. The number of anilines is 2. The van der Waals surface area contributed by atoms with Crippen LogP contribution in [0.15, 0.2) is 84.0 Å². The molecule has 0 saturated carbocycles. The number of ether oxygens (including phenoxy) is 2. The summed E-state index contributed by atoms with van der Waals surface area (Å²) in [5.41, 5.74) is 2.12. The van der Waals surface area contributed by atoms with Gasteiger partial charge in [0.15, 0.2) is 6.04 Å². The Morgan fingerprint density at radius 3 is 2.61 bits per heavy atom. The van der Waals surface area contributed by atoms with Gasteiger partial charge in [0.2, 0.25) is 5.91 Å². The summed E-state index contributed by atoms with van der Waals surface area (Å²) in [6, 6.07) is 20.2. The molecule has 1 fully saturated rings. The minimum Gasteiger partial charge on any atom is -0.480 e. The number of nitrogens with zero attached hydrogens (tertiary/aromatic N) is 3. The van der Waals surface area contributed by atoms with Gasteiger partial charge < -0.3 is 35.4 Å². The highest BCUT2D eigenvalue weighted by atomic mass is 32.1. The number of fused-ring (bicyclic) bond motifs is 1. The van der Waals surface area contributed by atoms with Crippen molar-refractivity contribution in [2.45, 2.75) is 31.2 Å². The minimum atomic E-state index is -1.68. The molecule has 0 bridgehead atoms. The molecule has 240 valence electrons. The number of hydrogen-bond acceptors (Lipinski definition) is 9. The van der Waals surface area contributed by atoms with Crippen LogP contribution < -0.4 is 16.0 Å². The van der Waals surface area contributed by atoms with Gasteiger partial charge in [-0.1, -0.05) is 54.6 Å². The van der Waals surface area contributed by atoms with Gasteiger partial charge in [-0.25, -0.2) is 23.8 Å². The van der Waals surface area contributed by atoms with Crippen LogP contribution in [0.2, 0.25) is 0 Å². The van der Waals surface area contributed by atoms with Crippen LogP contribution in [0.5, 0.6) is 0 Å². The van der Waals surface area contributed by atoms with Gasteiger partial charge in [0.1, 0.15) is 29.7 Å². The molecule has 2 amide bonds. The smallest absolute Gasteiger partial charge is 0.410 e. The first-order chi connectivity index (χ1) is 22.3. The summed E-state index contributed by atoms with van der Waals surface area (Å²) in [5, 5.41) is 18.5. The standard InChI is InChI=1S/C32H34N6O7S/c1-46(43)29-24-11-5-6-12-25(24)36-30(29)37-26(31(40)41)17-35-28(39)20-44-23-15-22(16-34-27-13-7-8-14-33-27)38(18-23)32(42)45-19-21-9-3-2-4-10-21/h2-14,22-23,26H,1,15-20H2,(H,33,34)(H,35,39)(H,36,37)(H,40,41).